The van der Waals surface area contributed by atoms with Crippen LogP contribution in [0.25, 0.3) is 11.0 Å². The number of nitrogens with one attached hydrogen (secondary N) is 3. The summed E-state index contributed by atoms with van der Waals surface area (Å²) in [5, 5.41) is 5.61. The first-order valence-electron chi connectivity index (χ1n) is 10.9. The summed E-state index contributed by atoms with van der Waals surface area (Å²) in [4.78, 5) is 55.3. The molecular weight excluding hydrogens is 442 g/mol. The van der Waals surface area contributed by atoms with E-state index in [1.165, 1.54) is 23.9 Å². The number of aromatic amines is 1. The smallest absolute Gasteiger partial charge is 0.330 e. The van der Waals surface area contributed by atoms with Gasteiger partial charge in [-0.15, -0.1) is 0 Å². The largest absolute Gasteiger partial charge is 0.493 e. The summed E-state index contributed by atoms with van der Waals surface area (Å²) in [5.41, 5.74) is 0.155. The van der Waals surface area contributed by atoms with Crippen molar-refractivity contribution in [1.29, 1.82) is 0 Å². The molecule has 2 amide bonds. The number of benzene rings is 1. The molecule has 0 aliphatic heterocycles. The van der Waals surface area contributed by atoms with E-state index in [1.807, 2.05) is 6.92 Å². The van der Waals surface area contributed by atoms with Crippen LogP contribution in [-0.2, 0) is 11.3 Å². The third-order valence-electron chi connectivity index (χ3n) is 5.37. The summed E-state index contributed by atoms with van der Waals surface area (Å²) in [6.07, 6.45) is 3.06. The molecule has 1 aromatic carbocycles. The quantitative estimate of drug-likeness (QED) is 0.424. The molecule has 34 heavy (non-hydrogen) atoms. The third kappa shape index (κ3) is 4.92. The van der Waals surface area contributed by atoms with Crippen molar-refractivity contribution >= 4 is 22.8 Å². The van der Waals surface area contributed by atoms with Crippen molar-refractivity contribution < 1.29 is 19.1 Å². The lowest BCUT2D eigenvalue weighted by atomic mass is 10.1. The van der Waals surface area contributed by atoms with Gasteiger partial charge in [-0.3, -0.25) is 23.9 Å². The Morgan fingerprint density at radius 1 is 1.18 bits per heavy atom. The minimum absolute atomic E-state index is 0.0296. The molecule has 3 aromatic rings. The molecule has 1 fully saturated rings. The van der Waals surface area contributed by atoms with Crippen LogP contribution in [0.15, 0.2) is 40.1 Å². The van der Waals surface area contributed by atoms with Crippen LogP contribution in [-0.4, -0.2) is 46.6 Å². The summed E-state index contributed by atoms with van der Waals surface area (Å²) < 4.78 is 12.3. The number of pyridine rings is 1. The van der Waals surface area contributed by atoms with Crippen LogP contribution in [0.1, 0.15) is 41.7 Å². The SMILES string of the molecule is CCNC(=O)COc1ccc(CNC(=O)c2cnc3c(c2)c(=O)[nH]c(=O)n3C2CC2)cc1OC. The monoisotopic (exact) mass is 467 g/mol. The van der Waals surface area contributed by atoms with E-state index in [9.17, 15) is 19.2 Å². The molecular formula is C23H25N5O6. The van der Waals surface area contributed by atoms with Crippen molar-refractivity contribution in [3.05, 3.63) is 62.4 Å². The highest BCUT2D eigenvalue weighted by atomic mass is 16.5. The van der Waals surface area contributed by atoms with Gasteiger partial charge in [0.1, 0.15) is 5.65 Å². The zero-order valence-electron chi connectivity index (χ0n) is 18.8. The summed E-state index contributed by atoms with van der Waals surface area (Å²) in [7, 11) is 1.48. The Hall–Kier alpha value is -4.15. The number of likely N-dealkylation sites (N-methyl/N-ethyl adjacent to an activating group) is 1. The molecule has 2 heterocycles. The molecule has 1 saturated carbocycles. The standard InChI is InChI=1S/C23H25N5O6/c1-3-24-19(29)12-34-17-7-4-13(8-18(17)33-2)10-26-21(30)14-9-16-20(25-11-14)28(15-5-6-15)23(32)27-22(16)31/h4,7-9,11,15H,3,5-6,10,12H2,1-2H3,(H,24,29)(H,26,30)(H,27,31,32). The molecule has 11 heteroatoms. The number of hydrogen-bond donors (Lipinski definition) is 3. The van der Waals surface area contributed by atoms with Crippen molar-refractivity contribution in [3.63, 3.8) is 0 Å². The number of ether oxygens (including phenoxy) is 2. The lowest BCUT2D eigenvalue weighted by Crippen LogP contribution is -2.31. The fraction of sp³-hybridized carbons (Fsp3) is 0.348. The van der Waals surface area contributed by atoms with Gasteiger partial charge in [-0.05, 0) is 43.5 Å². The maximum Gasteiger partial charge on any atom is 0.330 e. The molecule has 4 rings (SSSR count). The second-order valence-corrected chi connectivity index (χ2v) is 7.87. The minimum atomic E-state index is -0.577. The zero-order valence-corrected chi connectivity index (χ0v) is 18.8. The molecule has 178 valence electrons. The van der Waals surface area contributed by atoms with Gasteiger partial charge < -0.3 is 20.1 Å². The molecule has 0 unspecified atom stereocenters. The highest BCUT2D eigenvalue weighted by Gasteiger charge is 2.27. The number of nitrogens with zero attached hydrogens (tertiary/aromatic N) is 2. The molecule has 1 aliphatic carbocycles. The predicted octanol–water partition coefficient (Wildman–Crippen LogP) is 0.873. The highest BCUT2D eigenvalue weighted by molar-refractivity contribution is 5.96. The van der Waals surface area contributed by atoms with Gasteiger partial charge in [0.05, 0.1) is 18.1 Å². The Bertz CT molecular complexity index is 1360. The third-order valence-corrected chi connectivity index (χ3v) is 5.37. The van der Waals surface area contributed by atoms with E-state index in [0.717, 1.165) is 18.4 Å². The summed E-state index contributed by atoms with van der Waals surface area (Å²) in [5.74, 6) is 0.169. The minimum Gasteiger partial charge on any atom is -0.493 e. The molecule has 0 atom stereocenters. The van der Waals surface area contributed by atoms with Gasteiger partial charge in [0.15, 0.2) is 18.1 Å². The average molecular weight is 467 g/mol. The topological polar surface area (TPSA) is 144 Å². The van der Waals surface area contributed by atoms with Gasteiger partial charge >= 0.3 is 5.69 Å². The van der Waals surface area contributed by atoms with Crippen LogP contribution in [0.4, 0.5) is 0 Å². The first-order valence-corrected chi connectivity index (χ1v) is 10.9. The van der Waals surface area contributed by atoms with Crippen LogP contribution >= 0.6 is 0 Å². The number of carbonyl (C=O) groups is 2. The molecule has 1 aliphatic rings. The summed E-state index contributed by atoms with van der Waals surface area (Å²) >= 11 is 0. The maximum absolute atomic E-state index is 12.7. The maximum atomic E-state index is 12.7. The van der Waals surface area contributed by atoms with Crippen molar-refractivity contribution in [2.75, 3.05) is 20.3 Å². The molecule has 11 nitrogen and oxygen atoms in total. The van der Waals surface area contributed by atoms with Gasteiger partial charge in [0.2, 0.25) is 0 Å². The van der Waals surface area contributed by atoms with E-state index in [-0.39, 0.29) is 41.7 Å². The first-order chi connectivity index (χ1) is 16.4. The van der Waals surface area contributed by atoms with E-state index in [1.54, 1.807) is 18.2 Å². The van der Waals surface area contributed by atoms with Crippen molar-refractivity contribution in [2.45, 2.75) is 32.4 Å². The van der Waals surface area contributed by atoms with E-state index >= 15 is 0 Å². The Labute approximate surface area is 194 Å². The van der Waals surface area contributed by atoms with Crippen molar-refractivity contribution in [1.82, 2.24) is 25.2 Å². The Morgan fingerprint density at radius 2 is 1.97 bits per heavy atom. The van der Waals surface area contributed by atoms with Crippen LogP contribution in [0.3, 0.4) is 0 Å². The fourth-order valence-corrected chi connectivity index (χ4v) is 3.55. The first kappa shape index (κ1) is 23.0. The Kier molecular flexibility index (Phi) is 6.62. The number of amides is 2. The summed E-state index contributed by atoms with van der Waals surface area (Å²) in [6, 6.07) is 6.57. The van der Waals surface area contributed by atoms with Crippen LogP contribution in [0, 0.1) is 0 Å². The van der Waals surface area contributed by atoms with E-state index in [2.05, 4.69) is 20.6 Å². The number of fused-ring (bicyclic) bond motifs is 1. The second kappa shape index (κ2) is 9.77. The number of carbonyl (C=O) groups excluding carboxylic acids is 2. The van der Waals surface area contributed by atoms with Gasteiger partial charge in [0, 0.05) is 25.3 Å². The zero-order chi connectivity index (χ0) is 24.2. The molecule has 0 radical (unpaired) electrons. The van der Waals surface area contributed by atoms with Crippen molar-refractivity contribution in [3.8, 4) is 11.5 Å². The van der Waals surface area contributed by atoms with Crippen molar-refractivity contribution in [2.24, 2.45) is 0 Å². The Morgan fingerprint density at radius 3 is 2.68 bits per heavy atom. The molecule has 0 spiro atoms. The number of H-pyrrole nitrogens is 1. The molecule has 2 aromatic heterocycles. The predicted molar refractivity (Wildman–Crippen MR) is 123 cm³/mol. The van der Waals surface area contributed by atoms with Gasteiger partial charge in [0.25, 0.3) is 17.4 Å². The van der Waals surface area contributed by atoms with Gasteiger partial charge in [-0.25, -0.2) is 9.78 Å². The van der Waals surface area contributed by atoms with Gasteiger partial charge in [-0.1, -0.05) is 6.07 Å². The number of hydrogen-bond acceptors (Lipinski definition) is 7. The number of methoxy groups -OCH3 is 1. The molecule has 3 N–H and O–H groups in total. The second-order valence-electron chi connectivity index (χ2n) is 7.87. The lowest BCUT2D eigenvalue weighted by Gasteiger charge is -2.13. The van der Waals surface area contributed by atoms with E-state index < -0.39 is 17.2 Å². The summed E-state index contributed by atoms with van der Waals surface area (Å²) in [6.45, 7) is 2.38. The van der Waals surface area contributed by atoms with E-state index in [4.69, 9.17) is 9.47 Å². The lowest BCUT2D eigenvalue weighted by molar-refractivity contribution is -0.123. The fourth-order valence-electron chi connectivity index (χ4n) is 3.55. The highest BCUT2D eigenvalue weighted by Crippen LogP contribution is 2.34. The number of aromatic nitrogens is 3. The average Bonchev–Trinajstić information content (AvgIpc) is 3.66. The van der Waals surface area contributed by atoms with Crippen LogP contribution in [0.5, 0.6) is 11.5 Å². The molecule has 0 saturated heterocycles. The molecule has 0 bridgehead atoms. The van der Waals surface area contributed by atoms with Crippen LogP contribution < -0.4 is 31.4 Å². The normalized spacial score (nSPS) is 12.9. The Balaban J connectivity index is 1.46. The number of rotatable bonds is 9. The van der Waals surface area contributed by atoms with Gasteiger partial charge in [-0.2, -0.15) is 0 Å². The van der Waals surface area contributed by atoms with Crippen LogP contribution in [0.2, 0.25) is 0 Å². The van der Waals surface area contributed by atoms with E-state index in [0.29, 0.717) is 18.0 Å².